The summed E-state index contributed by atoms with van der Waals surface area (Å²) in [5, 5.41) is 2.17. The lowest BCUT2D eigenvalue weighted by molar-refractivity contribution is 1.07. The molecule has 0 unspecified atom stereocenters. The lowest BCUT2D eigenvalue weighted by Gasteiger charge is -2.11. The standard InChI is InChI=1S/C45H29N5/c1-3-10-30(11-4-1)36-15-8-17-38(29-36)45-49-43(33-12-5-2-6-13-33)48-44(50-45)34-21-19-31(20-22-34)35-14-7-16-37(28-35)39-25-27-47-42-40(39)24-23-32-18-9-26-46-41(32)42/h1-29H. The van der Waals surface area contributed by atoms with E-state index in [0.29, 0.717) is 17.5 Å². The maximum Gasteiger partial charge on any atom is 0.164 e. The van der Waals surface area contributed by atoms with E-state index in [1.807, 2.05) is 54.9 Å². The summed E-state index contributed by atoms with van der Waals surface area (Å²) >= 11 is 0. The fourth-order valence-corrected chi connectivity index (χ4v) is 6.50. The molecule has 5 heteroatoms. The molecule has 234 valence electrons. The van der Waals surface area contributed by atoms with E-state index in [0.717, 1.165) is 71.9 Å². The van der Waals surface area contributed by atoms with Crippen LogP contribution in [0.25, 0.3) is 89.4 Å². The second kappa shape index (κ2) is 12.6. The highest BCUT2D eigenvalue weighted by molar-refractivity contribution is 6.08. The van der Waals surface area contributed by atoms with Gasteiger partial charge in [-0.25, -0.2) is 15.0 Å². The first-order valence-corrected chi connectivity index (χ1v) is 16.6. The topological polar surface area (TPSA) is 64.5 Å². The molecular weight excluding hydrogens is 611 g/mol. The Bertz CT molecular complexity index is 2640. The second-order valence-electron chi connectivity index (χ2n) is 12.2. The van der Waals surface area contributed by atoms with E-state index < -0.39 is 0 Å². The van der Waals surface area contributed by atoms with Crippen molar-refractivity contribution in [2.75, 3.05) is 0 Å². The molecule has 0 bridgehead atoms. The minimum absolute atomic E-state index is 0.628. The minimum Gasteiger partial charge on any atom is -0.254 e. The molecule has 0 amide bonds. The van der Waals surface area contributed by atoms with Crippen LogP contribution in [0.5, 0.6) is 0 Å². The molecule has 0 atom stereocenters. The zero-order valence-electron chi connectivity index (χ0n) is 27.0. The van der Waals surface area contributed by atoms with Gasteiger partial charge in [-0.3, -0.25) is 9.97 Å². The number of benzene rings is 6. The SMILES string of the molecule is c1ccc(-c2cccc(-c3nc(-c4ccccc4)nc(-c4ccc(-c5cccc(-c6ccnc7c6ccc6cccnc67)c5)cc4)n3)c2)cc1. The molecule has 0 radical (unpaired) electrons. The molecule has 0 saturated heterocycles. The molecule has 6 aromatic carbocycles. The van der Waals surface area contributed by atoms with Gasteiger partial charge >= 0.3 is 0 Å². The highest BCUT2D eigenvalue weighted by Crippen LogP contribution is 2.34. The molecule has 9 rings (SSSR count). The van der Waals surface area contributed by atoms with Crippen LogP contribution in [0.4, 0.5) is 0 Å². The first-order chi connectivity index (χ1) is 24.8. The van der Waals surface area contributed by atoms with Crippen LogP contribution in [0, 0.1) is 0 Å². The van der Waals surface area contributed by atoms with Gasteiger partial charge in [-0.05, 0) is 57.6 Å². The molecular formula is C45H29N5. The van der Waals surface area contributed by atoms with Gasteiger partial charge in [-0.1, -0.05) is 140 Å². The highest BCUT2D eigenvalue weighted by Gasteiger charge is 2.14. The molecule has 0 spiro atoms. The van der Waals surface area contributed by atoms with E-state index in [2.05, 4.69) is 126 Å². The van der Waals surface area contributed by atoms with Gasteiger partial charge in [-0.15, -0.1) is 0 Å². The number of rotatable bonds is 6. The number of pyridine rings is 2. The lowest BCUT2D eigenvalue weighted by atomic mass is 9.96. The van der Waals surface area contributed by atoms with Crippen molar-refractivity contribution in [1.82, 2.24) is 24.9 Å². The molecule has 0 fully saturated rings. The monoisotopic (exact) mass is 639 g/mol. The third-order valence-corrected chi connectivity index (χ3v) is 9.03. The summed E-state index contributed by atoms with van der Waals surface area (Å²) in [6.07, 6.45) is 3.70. The van der Waals surface area contributed by atoms with Crippen LogP contribution in [0.1, 0.15) is 0 Å². The molecule has 0 aliphatic rings. The number of nitrogens with zero attached hydrogens (tertiary/aromatic N) is 5. The van der Waals surface area contributed by atoms with Gasteiger partial charge in [-0.2, -0.15) is 0 Å². The molecule has 3 aromatic heterocycles. The van der Waals surface area contributed by atoms with Crippen LogP contribution < -0.4 is 0 Å². The third-order valence-electron chi connectivity index (χ3n) is 9.03. The summed E-state index contributed by atoms with van der Waals surface area (Å²) in [5.74, 6) is 1.90. The Labute approximate surface area is 289 Å². The average molecular weight is 640 g/mol. The van der Waals surface area contributed by atoms with E-state index >= 15 is 0 Å². The van der Waals surface area contributed by atoms with Crippen molar-refractivity contribution in [3.05, 3.63) is 176 Å². The molecule has 0 N–H and O–H groups in total. The molecule has 0 aliphatic carbocycles. The Morgan fingerprint density at radius 2 is 0.820 bits per heavy atom. The smallest absolute Gasteiger partial charge is 0.164 e. The van der Waals surface area contributed by atoms with E-state index in [9.17, 15) is 0 Å². The van der Waals surface area contributed by atoms with Crippen molar-refractivity contribution in [3.8, 4) is 67.5 Å². The zero-order chi connectivity index (χ0) is 33.3. The zero-order valence-corrected chi connectivity index (χ0v) is 27.0. The van der Waals surface area contributed by atoms with Crippen LogP contribution >= 0.6 is 0 Å². The van der Waals surface area contributed by atoms with Crippen molar-refractivity contribution >= 4 is 21.8 Å². The molecule has 5 nitrogen and oxygen atoms in total. The van der Waals surface area contributed by atoms with E-state index in [1.165, 1.54) is 0 Å². The summed E-state index contributed by atoms with van der Waals surface area (Å²) in [6, 6.07) is 56.3. The molecule has 0 saturated carbocycles. The number of hydrogen-bond acceptors (Lipinski definition) is 5. The van der Waals surface area contributed by atoms with E-state index in [4.69, 9.17) is 19.9 Å². The Morgan fingerprint density at radius 1 is 0.300 bits per heavy atom. The Hall–Kier alpha value is -6.85. The maximum atomic E-state index is 5.01. The van der Waals surface area contributed by atoms with Gasteiger partial charge in [0.2, 0.25) is 0 Å². The van der Waals surface area contributed by atoms with Crippen molar-refractivity contribution in [1.29, 1.82) is 0 Å². The van der Waals surface area contributed by atoms with Crippen molar-refractivity contribution in [2.45, 2.75) is 0 Å². The van der Waals surface area contributed by atoms with Crippen molar-refractivity contribution < 1.29 is 0 Å². The van der Waals surface area contributed by atoms with Crippen LogP contribution in [0.3, 0.4) is 0 Å². The predicted octanol–water partition coefficient (Wildman–Crippen LogP) is 11.0. The van der Waals surface area contributed by atoms with Gasteiger partial charge in [0.1, 0.15) is 0 Å². The van der Waals surface area contributed by atoms with Gasteiger partial charge in [0.15, 0.2) is 17.5 Å². The van der Waals surface area contributed by atoms with Crippen LogP contribution in [0.2, 0.25) is 0 Å². The van der Waals surface area contributed by atoms with Gasteiger partial charge in [0, 0.05) is 39.9 Å². The molecule has 0 aliphatic heterocycles. The average Bonchev–Trinajstić information content (AvgIpc) is 3.21. The summed E-state index contributed by atoms with van der Waals surface area (Å²) in [7, 11) is 0. The van der Waals surface area contributed by atoms with Gasteiger partial charge < -0.3 is 0 Å². The quantitative estimate of drug-likeness (QED) is 0.169. The Kier molecular flexibility index (Phi) is 7.41. The summed E-state index contributed by atoms with van der Waals surface area (Å²) in [6.45, 7) is 0. The van der Waals surface area contributed by atoms with Crippen LogP contribution in [0.15, 0.2) is 176 Å². The van der Waals surface area contributed by atoms with Crippen LogP contribution in [-0.4, -0.2) is 24.9 Å². The Balaban J connectivity index is 1.09. The first-order valence-electron chi connectivity index (χ1n) is 16.6. The maximum absolute atomic E-state index is 5.01. The fourth-order valence-electron chi connectivity index (χ4n) is 6.50. The number of hydrogen-bond donors (Lipinski definition) is 0. The highest BCUT2D eigenvalue weighted by atomic mass is 15.0. The molecule has 50 heavy (non-hydrogen) atoms. The van der Waals surface area contributed by atoms with E-state index in [1.54, 1.807) is 0 Å². The number of aromatic nitrogens is 5. The second-order valence-corrected chi connectivity index (χ2v) is 12.2. The van der Waals surface area contributed by atoms with Crippen molar-refractivity contribution in [2.24, 2.45) is 0 Å². The summed E-state index contributed by atoms with van der Waals surface area (Å²) < 4.78 is 0. The summed E-state index contributed by atoms with van der Waals surface area (Å²) in [4.78, 5) is 24.2. The first kappa shape index (κ1) is 29.3. The van der Waals surface area contributed by atoms with Crippen LogP contribution in [-0.2, 0) is 0 Å². The molecule has 3 heterocycles. The summed E-state index contributed by atoms with van der Waals surface area (Å²) in [5.41, 5.74) is 11.4. The largest absolute Gasteiger partial charge is 0.254 e. The van der Waals surface area contributed by atoms with E-state index in [-0.39, 0.29) is 0 Å². The minimum atomic E-state index is 0.628. The van der Waals surface area contributed by atoms with Gasteiger partial charge in [0.25, 0.3) is 0 Å². The normalized spacial score (nSPS) is 11.2. The third kappa shape index (κ3) is 5.57. The van der Waals surface area contributed by atoms with Gasteiger partial charge in [0.05, 0.1) is 11.0 Å². The number of fused-ring (bicyclic) bond motifs is 3. The lowest BCUT2D eigenvalue weighted by Crippen LogP contribution is -2.00. The molecule has 9 aromatic rings. The predicted molar refractivity (Wildman–Crippen MR) is 203 cm³/mol. The Morgan fingerprint density at radius 3 is 1.54 bits per heavy atom. The van der Waals surface area contributed by atoms with Crippen molar-refractivity contribution in [3.63, 3.8) is 0 Å². The fraction of sp³-hybridized carbons (Fsp3) is 0.